The van der Waals surface area contributed by atoms with Crippen molar-refractivity contribution in [3.63, 3.8) is 0 Å². The lowest BCUT2D eigenvalue weighted by molar-refractivity contribution is -0.145. The zero-order valence-corrected chi connectivity index (χ0v) is 18.5. The van der Waals surface area contributed by atoms with Crippen molar-refractivity contribution in [1.29, 1.82) is 0 Å². The van der Waals surface area contributed by atoms with Gasteiger partial charge in [-0.2, -0.15) is 0 Å². The van der Waals surface area contributed by atoms with Gasteiger partial charge in [0, 0.05) is 42.8 Å². The van der Waals surface area contributed by atoms with Gasteiger partial charge in [0.05, 0.1) is 5.92 Å². The summed E-state index contributed by atoms with van der Waals surface area (Å²) in [6, 6.07) is 16.2. The highest BCUT2D eigenvalue weighted by Crippen LogP contribution is 2.30. The number of hydrogen-bond donors (Lipinski definition) is 3. The van der Waals surface area contributed by atoms with Crippen molar-refractivity contribution in [3.8, 4) is 0 Å². The van der Waals surface area contributed by atoms with Gasteiger partial charge >= 0.3 is 5.97 Å². The number of benzene rings is 2. The molecule has 0 bridgehead atoms. The van der Waals surface area contributed by atoms with E-state index in [1.807, 2.05) is 30.3 Å². The van der Waals surface area contributed by atoms with Crippen LogP contribution in [0.2, 0.25) is 0 Å². The molecule has 33 heavy (non-hydrogen) atoms. The summed E-state index contributed by atoms with van der Waals surface area (Å²) in [4.78, 5) is 28.7. The van der Waals surface area contributed by atoms with E-state index in [1.165, 1.54) is 17.0 Å². The predicted octanol–water partition coefficient (Wildman–Crippen LogP) is 3.68. The Morgan fingerprint density at radius 1 is 1.12 bits per heavy atom. The first-order chi connectivity index (χ1) is 16.1. The molecule has 1 amide bonds. The minimum atomic E-state index is -0.566. The lowest BCUT2D eigenvalue weighted by Gasteiger charge is -2.22. The smallest absolute Gasteiger partial charge is 0.308 e. The van der Waals surface area contributed by atoms with E-state index in [2.05, 4.69) is 34.3 Å². The molecule has 0 atom stereocenters. The summed E-state index contributed by atoms with van der Waals surface area (Å²) in [6.07, 6.45) is 7.77. The summed E-state index contributed by atoms with van der Waals surface area (Å²) in [7, 11) is 0. The van der Waals surface area contributed by atoms with Crippen LogP contribution < -0.4 is 5.48 Å². The Balaban J connectivity index is 1.38. The summed E-state index contributed by atoms with van der Waals surface area (Å²) >= 11 is 0. The number of aromatic nitrogens is 1. The zero-order valence-electron chi connectivity index (χ0n) is 18.5. The van der Waals surface area contributed by atoms with E-state index in [1.54, 1.807) is 11.6 Å². The maximum Gasteiger partial charge on any atom is 0.308 e. The van der Waals surface area contributed by atoms with Crippen molar-refractivity contribution in [2.24, 2.45) is 5.92 Å². The molecule has 172 valence electrons. The first kappa shape index (κ1) is 22.8. The number of esters is 1. The normalized spacial score (nSPS) is 13.6. The van der Waals surface area contributed by atoms with Crippen molar-refractivity contribution in [2.45, 2.75) is 25.8 Å². The van der Waals surface area contributed by atoms with Crippen LogP contribution >= 0.6 is 0 Å². The Labute approximate surface area is 193 Å². The van der Waals surface area contributed by atoms with Crippen LogP contribution in [0.4, 0.5) is 0 Å². The number of nitrogens with zero attached hydrogens (tertiary/aromatic N) is 1. The van der Waals surface area contributed by atoms with E-state index in [4.69, 9.17) is 9.94 Å². The van der Waals surface area contributed by atoms with E-state index >= 15 is 0 Å². The molecule has 1 aliphatic rings. The van der Waals surface area contributed by atoms with Crippen LogP contribution in [0.25, 0.3) is 17.0 Å². The van der Waals surface area contributed by atoms with E-state index in [0.717, 1.165) is 49.0 Å². The highest BCUT2D eigenvalue weighted by molar-refractivity contribution is 5.90. The SMILES string of the molecule is O=C(/C=C/c1ccc(CN(CCOC(=O)C2CC2)CCc2c[nH]c3ccccc23)cc1)NO. The van der Waals surface area contributed by atoms with E-state index in [9.17, 15) is 9.59 Å². The molecule has 1 aromatic heterocycles. The van der Waals surface area contributed by atoms with Crippen LogP contribution in [0.15, 0.2) is 60.8 Å². The molecular formula is C26H29N3O4. The number of carbonyl (C=O) groups is 2. The molecule has 2 aromatic carbocycles. The van der Waals surface area contributed by atoms with E-state index in [0.29, 0.717) is 13.2 Å². The minimum Gasteiger partial charge on any atom is -0.464 e. The summed E-state index contributed by atoms with van der Waals surface area (Å²) < 4.78 is 5.47. The van der Waals surface area contributed by atoms with Crippen molar-refractivity contribution < 1.29 is 19.5 Å². The second-order valence-electron chi connectivity index (χ2n) is 8.38. The number of H-pyrrole nitrogens is 1. The largest absolute Gasteiger partial charge is 0.464 e. The number of para-hydroxylation sites is 1. The minimum absolute atomic E-state index is 0.0744. The number of fused-ring (bicyclic) bond motifs is 1. The molecule has 1 saturated carbocycles. The van der Waals surface area contributed by atoms with Gasteiger partial charge in [0.1, 0.15) is 6.61 Å². The molecule has 7 nitrogen and oxygen atoms in total. The van der Waals surface area contributed by atoms with Gasteiger partial charge < -0.3 is 9.72 Å². The van der Waals surface area contributed by atoms with Gasteiger partial charge in [-0.25, -0.2) is 5.48 Å². The fourth-order valence-electron chi connectivity index (χ4n) is 3.80. The van der Waals surface area contributed by atoms with Crippen LogP contribution in [0.5, 0.6) is 0 Å². The monoisotopic (exact) mass is 447 g/mol. The van der Waals surface area contributed by atoms with Crippen LogP contribution in [0.1, 0.15) is 29.5 Å². The fourth-order valence-corrected chi connectivity index (χ4v) is 3.80. The third-order valence-electron chi connectivity index (χ3n) is 5.86. The molecule has 3 aromatic rings. The number of carbonyl (C=O) groups excluding carboxylic acids is 2. The van der Waals surface area contributed by atoms with Gasteiger partial charge in [-0.3, -0.25) is 19.7 Å². The molecule has 1 aliphatic carbocycles. The standard InChI is InChI=1S/C26H29N3O4/c30-25(28-32)12-9-19-5-7-20(8-6-19)18-29(15-16-33-26(31)21-10-11-21)14-13-22-17-27-24-4-2-1-3-23(22)24/h1-9,12,17,21,27,32H,10-11,13-16,18H2,(H,28,30)/b12-9+. The second-order valence-corrected chi connectivity index (χ2v) is 8.38. The van der Waals surface area contributed by atoms with Crippen molar-refractivity contribution in [1.82, 2.24) is 15.4 Å². The average Bonchev–Trinajstić information content (AvgIpc) is 3.62. The lowest BCUT2D eigenvalue weighted by atomic mass is 10.1. The number of nitrogens with one attached hydrogen (secondary N) is 2. The Hall–Kier alpha value is -3.42. The summed E-state index contributed by atoms with van der Waals surface area (Å²) in [5.41, 5.74) is 5.98. The summed E-state index contributed by atoms with van der Waals surface area (Å²) in [6.45, 7) is 2.62. The first-order valence-corrected chi connectivity index (χ1v) is 11.3. The number of ether oxygens (including phenoxy) is 1. The third kappa shape index (κ3) is 6.54. The number of rotatable bonds is 11. The van der Waals surface area contributed by atoms with E-state index < -0.39 is 5.91 Å². The summed E-state index contributed by atoms with van der Waals surface area (Å²) in [5, 5.41) is 9.82. The van der Waals surface area contributed by atoms with Gasteiger partial charge in [0.15, 0.2) is 0 Å². The molecule has 7 heteroatoms. The highest BCUT2D eigenvalue weighted by Gasteiger charge is 2.31. The molecular weight excluding hydrogens is 418 g/mol. The number of aromatic amines is 1. The number of amides is 1. The molecule has 3 N–H and O–H groups in total. The molecule has 0 saturated heterocycles. The average molecular weight is 448 g/mol. The summed E-state index contributed by atoms with van der Waals surface area (Å²) in [5.74, 6) is -0.531. The van der Waals surface area contributed by atoms with Crippen molar-refractivity contribution >= 4 is 28.9 Å². The van der Waals surface area contributed by atoms with Gasteiger partial charge in [-0.1, -0.05) is 42.5 Å². The van der Waals surface area contributed by atoms with Crippen LogP contribution in [0, 0.1) is 5.92 Å². The number of hydroxylamine groups is 1. The fraction of sp³-hybridized carbons (Fsp3) is 0.308. The zero-order chi connectivity index (χ0) is 23.0. The predicted molar refractivity (Wildman–Crippen MR) is 126 cm³/mol. The molecule has 4 rings (SSSR count). The molecule has 1 heterocycles. The van der Waals surface area contributed by atoms with Crippen LogP contribution in [-0.2, 0) is 27.3 Å². The van der Waals surface area contributed by atoms with Crippen LogP contribution in [0.3, 0.4) is 0 Å². The highest BCUT2D eigenvalue weighted by atomic mass is 16.5. The molecule has 0 spiro atoms. The van der Waals surface area contributed by atoms with Gasteiger partial charge in [-0.15, -0.1) is 0 Å². The Morgan fingerprint density at radius 2 is 1.91 bits per heavy atom. The van der Waals surface area contributed by atoms with Gasteiger partial charge in [0.25, 0.3) is 5.91 Å². The Kier molecular flexibility index (Phi) is 7.55. The van der Waals surface area contributed by atoms with Gasteiger partial charge in [0.2, 0.25) is 0 Å². The quantitative estimate of drug-likeness (QED) is 0.180. The maximum atomic E-state index is 11.9. The Morgan fingerprint density at radius 3 is 2.67 bits per heavy atom. The van der Waals surface area contributed by atoms with E-state index in [-0.39, 0.29) is 11.9 Å². The molecule has 0 unspecified atom stereocenters. The molecule has 0 aliphatic heterocycles. The van der Waals surface area contributed by atoms with Gasteiger partial charge in [-0.05, 0) is 48.1 Å². The molecule has 1 fully saturated rings. The molecule has 0 radical (unpaired) electrons. The second kappa shape index (κ2) is 10.9. The van der Waals surface area contributed by atoms with Crippen molar-refractivity contribution in [2.75, 3.05) is 19.7 Å². The van der Waals surface area contributed by atoms with Crippen molar-refractivity contribution in [3.05, 3.63) is 77.5 Å². The third-order valence-corrected chi connectivity index (χ3v) is 5.86. The van der Waals surface area contributed by atoms with Crippen LogP contribution in [-0.4, -0.2) is 46.7 Å². The lowest BCUT2D eigenvalue weighted by Crippen LogP contribution is -2.30. The first-order valence-electron chi connectivity index (χ1n) is 11.3. The Bertz CT molecular complexity index is 1120. The number of hydrogen-bond acceptors (Lipinski definition) is 5. The topological polar surface area (TPSA) is 94.7 Å². The maximum absolute atomic E-state index is 11.9.